The first-order chi connectivity index (χ1) is 7.34. The molecule has 0 bridgehead atoms. The van der Waals surface area contributed by atoms with Crippen molar-refractivity contribution in [2.75, 3.05) is 0 Å². The van der Waals surface area contributed by atoms with Gasteiger partial charge in [-0.2, -0.15) is 0 Å². The van der Waals surface area contributed by atoms with Crippen LogP contribution in [0.3, 0.4) is 0 Å². The van der Waals surface area contributed by atoms with Crippen LogP contribution in [-0.4, -0.2) is 5.78 Å². The summed E-state index contributed by atoms with van der Waals surface area (Å²) >= 11 is 0. The van der Waals surface area contributed by atoms with E-state index in [0.717, 1.165) is 5.57 Å². The summed E-state index contributed by atoms with van der Waals surface area (Å²) in [6.07, 6.45) is 2.01. The third-order valence-electron chi connectivity index (χ3n) is 3.34. The fourth-order valence-corrected chi connectivity index (χ4v) is 1.78. The van der Waals surface area contributed by atoms with E-state index < -0.39 is 0 Å². The molecule has 1 heteroatoms. The molecule has 0 saturated carbocycles. The zero-order valence-corrected chi connectivity index (χ0v) is 11.1. The van der Waals surface area contributed by atoms with Crippen molar-refractivity contribution in [1.82, 2.24) is 0 Å². The number of benzene rings is 1. The molecule has 0 spiro atoms. The summed E-state index contributed by atoms with van der Waals surface area (Å²) in [5.74, 6) is 0.137. The zero-order chi connectivity index (χ0) is 12.5. The Morgan fingerprint density at radius 1 is 1.00 bits per heavy atom. The van der Waals surface area contributed by atoms with Gasteiger partial charge in [0.2, 0.25) is 0 Å². The maximum Gasteiger partial charge on any atom is 0.155 e. The number of rotatable bonds is 2. The van der Waals surface area contributed by atoms with E-state index in [1.54, 1.807) is 6.92 Å². The zero-order valence-electron chi connectivity index (χ0n) is 11.1. The first-order valence-electron chi connectivity index (χ1n) is 5.61. The van der Waals surface area contributed by atoms with Gasteiger partial charge in [0, 0.05) is 0 Å². The number of carbonyl (C=O) groups is 1. The van der Waals surface area contributed by atoms with Crippen LogP contribution < -0.4 is 0 Å². The SMILES string of the molecule is CC(=O)/C(C)=C\c1c(C)c(C)cc(C)c1C. The van der Waals surface area contributed by atoms with E-state index >= 15 is 0 Å². The van der Waals surface area contributed by atoms with Gasteiger partial charge in [-0.25, -0.2) is 0 Å². The lowest BCUT2D eigenvalue weighted by Crippen LogP contribution is -1.97. The number of ketones is 1. The lowest BCUT2D eigenvalue weighted by atomic mass is 9.92. The fourth-order valence-electron chi connectivity index (χ4n) is 1.78. The average Bonchev–Trinajstić information content (AvgIpc) is 2.21. The third-order valence-corrected chi connectivity index (χ3v) is 3.34. The first-order valence-corrected chi connectivity index (χ1v) is 5.61. The highest BCUT2D eigenvalue weighted by molar-refractivity contribution is 5.97. The van der Waals surface area contributed by atoms with Gasteiger partial charge in [-0.15, -0.1) is 0 Å². The molecular weight excluding hydrogens is 196 g/mol. The molecular formula is C15H20O. The summed E-state index contributed by atoms with van der Waals surface area (Å²) in [7, 11) is 0. The van der Waals surface area contributed by atoms with E-state index in [4.69, 9.17) is 0 Å². The Bertz CT molecular complexity index is 439. The molecule has 0 aromatic heterocycles. The van der Waals surface area contributed by atoms with Gasteiger partial charge < -0.3 is 0 Å². The topological polar surface area (TPSA) is 17.1 Å². The molecule has 0 radical (unpaired) electrons. The maximum atomic E-state index is 11.3. The van der Waals surface area contributed by atoms with Gasteiger partial charge >= 0.3 is 0 Å². The van der Waals surface area contributed by atoms with Crippen LogP contribution >= 0.6 is 0 Å². The van der Waals surface area contributed by atoms with Crippen molar-refractivity contribution >= 4 is 11.9 Å². The van der Waals surface area contributed by atoms with Crippen molar-refractivity contribution in [3.8, 4) is 0 Å². The molecule has 16 heavy (non-hydrogen) atoms. The van der Waals surface area contributed by atoms with Gasteiger partial charge in [-0.3, -0.25) is 4.79 Å². The van der Waals surface area contributed by atoms with Crippen LogP contribution in [0, 0.1) is 27.7 Å². The quantitative estimate of drug-likeness (QED) is 0.685. The van der Waals surface area contributed by atoms with Gasteiger partial charge in [0.15, 0.2) is 5.78 Å². The van der Waals surface area contributed by atoms with Crippen LogP contribution in [0.1, 0.15) is 41.7 Å². The Morgan fingerprint density at radius 2 is 1.44 bits per heavy atom. The predicted molar refractivity (Wildman–Crippen MR) is 69.7 cm³/mol. The van der Waals surface area contributed by atoms with Crippen molar-refractivity contribution in [2.45, 2.75) is 41.5 Å². The lowest BCUT2D eigenvalue weighted by molar-refractivity contribution is -0.113. The van der Waals surface area contributed by atoms with Gasteiger partial charge in [0.1, 0.15) is 0 Å². The van der Waals surface area contributed by atoms with Crippen LogP contribution in [0.25, 0.3) is 6.08 Å². The minimum atomic E-state index is 0.137. The number of Topliss-reactive ketones (excluding diaryl/α,β-unsaturated/α-hetero) is 1. The summed E-state index contributed by atoms with van der Waals surface area (Å²) in [5, 5.41) is 0. The number of hydrogen-bond donors (Lipinski definition) is 0. The Kier molecular flexibility index (Phi) is 3.69. The van der Waals surface area contributed by atoms with Gasteiger partial charge in [-0.05, 0) is 81.0 Å². The second-order valence-corrected chi connectivity index (χ2v) is 4.56. The Balaban J connectivity index is 3.44. The molecule has 0 atom stereocenters. The van der Waals surface area contributed by atoms with Crippen molar-refractivity contribution in [3.05, 3.63) is 39.5 Å². The monoisotopic (exact) mass is 216 g/mol. The molecule has 0 aliphatic heterocycles. The van der Waals surface area contributed by atoms with Crippen molar-refractivity contribution in [1.29, 1.82) is 0 Å². The van der Waals surface area contributed by atoms with Gasteiger partial charge in [-0.1, -0.05) is 6.07 Å². The predicted octanol–water partition coefficient (Wildman–Crippen LogP) is 3.91. The molecule has 0 saturated heterocycles. The smallest absolute Gasteiger partial charge is 0.155 e. The van der Waals surface area contributed by atoms with Crippen LogP contribution in [-0.2, 0) is 4.79 Å². The Hall–Kier alpha value is -1.37. The van der Waals surface area contributed by atoms with Crippen LogP contribution in [0.15, 0.2) is 11.6 Å². The summed E-state index contributed by atoms with van der Waals surface area (Å²) < 4.78 is 0. The molecule has 1 aromatic rings. The number of hydrogen-bond acceptors (Lipinski definition) is 1. The molecule has 1 aromatic carbocycles. The second-order valence-electron chi connectivity index (χ2n) is 4.56. The van der Waals surface area contributed by atoms with E-state index in [1.807, 2.05) is 13.0 Å². The minimum absolute atomic E-state index is 0.137. The van der Waals surface area contributed by atoms with E-state index in [9.17, 15) is 4.79 Å². The molecule has 1 rings (SSSR count). The highest BCUT2D eigenvalue weighted by Crippen LogP contribution is 2.24. The van der Waals surface area contributed by atoms with Crippen LogP contribution in [0.4, 0.5) is 0 Å². The molecule has 0 amide bonds. The largest absolute Gasteiger partial charge is 0.295 e. The van der Waals surface area contributed by atoms with Gasteiger partial charge in [0.05, 0.1) is 0 Å². The molecule has 0 unspecified atom stereocenters. The summed E-state index contributed by atoms with van der Waals surface area (Å²) in [6, 6.07) is 2.20. The molecule has 0 aliphatic rings. The van der Waals surface area contributed by atoms with Gasteiger partial charge in [0.25, 0.3) is 0 Å². The summed E-state index contributed by atoms with van der Waals surface area (Å²) in [4.78, 5) is 11.3. The molecule has 0 fully saturated rings. The number of allylic oxidation sites excluding steroid dienone is 1. The molecule has 0 N–H and O–H groups in total. The highest BCUT2D eigenvalue weighted by atomic mass is 16.1. The van der Waals surface area contributed by atoms with E-state index in [1.165, 1.54) is 27.8 Å². The molecule has 0 heterocycles. The molecule has 0 aliphatic carbocycles. The minimum Gasteiger partial charge on any atom is -0.295 e. The van der Waals surface area contributed by atoms with Crippen LogP contribution in [0.2, 0.25) is 0 Å². The first kappa shape index (κ1) is 12.7. The average molecular weight is 216 g/mol. The molecule has 1 nitrogen and oxygen atoms in total. The summed E-state index contributed by atoms with van der Waals surface area (Å²) in [6.45, 7) is 11.9. The maximum absolute atomic E-state index is 11.3. The Labute approximate surface area is 98.2 Å². The third kappa shape index (κ3) is 2.41. The normalized spacial score (nSPS) is 11.8. The van der Waals surface area contributed by atoms with Crippen molar-refractivity contribution < 1.29 is 4.79 Å². The van der Waals surface area contributed by atoms with E-state index in [0.29, 0.717) is 0 Å². The Morgan fingerprint density at radius 3 is 1.81 bits per heavy atom. The van der Waals surface area contributed by atoms with Crippen LogP contribution in [0.5, 0.6) is 0 Å². The number of carbonyl (C=O) groups excluding carboxylic acids is 1. The second kappa shape index (κ2) is 4.65. The van der Waals surface area contributed by atoms with Crippen molar-refractivity contribution in [3.63, 3.8) is 0 Å². The van der Waals surface area contributed by atoms with E-state index in [2.05, 4.69) is 33.8 Å². The highest BCUT2D eigenvalue weighted by Gasteiger charge is 2.07. The standard InChI is InChI=1S/C15H20O/c1-9-7-10(2)13(5)15(12(9)4)8-11(3)14(6)16/h7-8H,1-6H3/b11-8-. The number of aryl methyl sites for hydroxylation is 2. The van der Waals surface area contributed by atoms with E-state index in [-0.39, 0.29) is 5.78 Å². The lowest BCUT2D eigenvalue weighted by Gasteiger charge is -2.12. The van der Waals surface area contributed by atoms with Crippen molar-refractivity contribution in [2.24, 2.45) is 0 Å². The molecule has 86 valence electrons. The fraction of sp³-hybridized carbons (Fsp3) is 0.400. The summed E-state index contributed by atoms with van der Waals surface area (Å²) in [5.41, 5.74) is 7.12.